The molecule has 0 atom stereocenters. The molecule has 0 N–H and O–H groups in total. The molecule has 0 aliphatic heterocycles. The fourth-order valence-electron chi connectivity index (χ4n) is 3.13. The molecular weight excluding hydrogens is 228 g/mol. The van der Waals surface area contributed by atoms with Crippen molar-refractivity contribution in [3.63, 3.8) is 0 Å². The maximum atomic E-state index is 2.29. The van der Waals surface area contributed by atoms with Gasteiger partial charge in [-0.2, -0.15) is 0 Å². The van der Waals surface area contributed by atoms with Gasteiger partial charge in [0.2, 0.25) is 0 Å². The van der Waals surface area contributed by atoms with Crippen LogP contribution in [-0.4, -0.2) is 0 Å². The zero-order valence-electron chi connectivity index (χ0n) is 11.7. The van der Waals surface area contributed by atoms with E-state index < -0.39 is 0 Å². The molecule has 96 valence electrons. The van der Waals surface area contributed by atoms with E-state index in [0.29, 0.717) is 0 Å². The summed E-state index contributed by atoms with van der Waals surface area (Å²) in [5.74, 6) is 0. The van der Waals surface area contributed by atoms with Gasteiger partial charge < -0.3 is 0 Å². The predicted molar refractivity (Wildman–Crippen MR) is 83.1 cm³/mol. The average Bonchev–Trinajstić information content (AvgIpc) is 2.78. The van der Waals surface area contributed by atoms with Crippen LogP contribution in [0, 0.1) is 0 Å². The molecule has 0 saturated heterocycles. The van der Waals surface area contributed by atoms with Crippen molar-refractivity contribution >= 4 is 11.1 Å². The van der Waals surface area contributed by atoms with Crippen molar-refractivity contribution in [2.75, 3.05) is 0 Å². The molecule has 0 heterocycles. The van der Waals surface area contributed by atoms with Crippen LogP contribution in [0.25, 0.3) is 11.1 Å². The number of allylic oxidation sites excluding steroid dienone is 2. The lowest BCUT2D eigenvalue weighted by Gasteiger charge is -2.11. The molecule has 0 bridgehead atoms. The molecule has 1 aliphatic carbocycles. The van der Waals surface area contributed by atoms with Gasteiger partial charge in [0, 0.05) is 0 Å². The van der Waals surface area contributed by atoms with Crippen molar-refractivity contribution in [1.82, 2.24) is 0 Å². The van der Waals surface area contributed by atoms with Crippen molar-refractivity contribution in [2.24, 2.45) is 0 Å². The van der Waals surface area contributed by atoms with Gasteiger partial charge in [0.1, 0.15) is 0 Å². The number of fused-ring (bicyclic) bond motifs is 1. The Hall–Kier alpha value is -1.82. The van der Waals surface area contributed by atoms with E-state index in [2.05, 4.69) is 62.4 Å². The first-order chi connectivity index (χ1) is 9.31. The number of aryl methyl sites for hydroxylation is 1. The maximum absolute atomic E-state index is 2.29. The van der Waals surface area contributed by atoms with Gasteiger partial charge in [-0.3, -0.25) is 0 Å². The minimum Gasteiger partial charge on any atom is -0.0651 e. The Morgan fingerprint density at radius 3 is 2.32 bits per heavy atom. The lowest BCUT2D eigenvalue weighted by atomic mass is 9.94. The van der Waals surface area contributed by atoms with Crippen LogP contribution in [0.15, 0.2) is 48.5 Å². The van der Waals surface area contributed by atoms with Crippen molar-refractivity contribution in [3.05, 3.63) is 70.8 Å². The Morgan fingerprint density at radius 2 is 1.58 bits per heavy atom. The van der Waals surface area contributed by atoms with E-state index in [-0.39, 0.29) is 0 Å². The molecular formula is C19H20. The second kappa shape index (κ2) is 5.05. The largest absolute Gasteiger partial charge is 0.0651 e. The Bertz CT molecular complexity index is 632. The molecule has 0 fully saturated rings. The van der Waals surface area contributed by atoms with E-state index in [0.717, 1.165) is 6.42 Å². The molecule has 1 aliphatic rings. The summed E-state index contributed by atoms with van der Waals surface area (Å²) >= 11 is 0. The molecule has 0 heteroatoms. The fourth-order valence-corrected chi connectivity index (χ4v) is 3.13. The smallest absolute Gasteiger partial charge is 0.00108 e. The standard InChI is InChI=1S/C19H20/c1-3-8-15-9-4-7-12-18(15)19-13-16-10-5-6-11-17(16)14(19)2/h4-7,9-12H,3,8,13H2,1-2H3. The Labute approximate surface area is 115 Å². The highest BCUT2D eigenvalue weighted by atomic mass is 14.2. The Kier molecular flexibility index (Phi) is 3.25. The van der Waals surface area contributed by atoms with Gasteiger partial charge in [-0.25, -0.2) is 0 Å². The molecule has 0 amide bonds. The second-order valence-corrected chi connectivity index (χ2v) is 5.34. The fraction of sp³-hybridized carbons (Fsp3) is 0.263. The quantitative estimate of drug-likeness (QED) is 0.706. The van der Waals surface area contributed by atoms with Crippen LogP contribution in [0.1, 0.15) is 42.5 Å². The third-order valence-corrected chi connectivity index (χ3v) is 4.10. The number of rotatable bonds is 3. The minimum absolute atomic E-state index is 1.09. The van der Waals surface area contributed by atoms with E-state index in [1.54, 1.807) is 0 Å². The van der Waals surface area contributed by atoms with Crippen molar-refractivity contribution in [3.8, 4) is 0 Å². The first kappa shape index (κ1) is 12.2. The van der Waals surface area contributed by atoms with Gasteiger partial charge in [0.15, 0.2) is 0 Å². The zero-order valence-corrected chi connectivity index (χ0v) is 11.7. The van der Waals surface area contributed by atoms with Crippen LogP contribution >= 0.6 is 0 Å². The van der Waals surface area contributed by atoms with Crippen LogP contribution in [-0.2, 0) is 12.8 Å². The molecule has 19 heavy (non-hydrogen) atoms. The summed E-state index contributed by atoms with van der Waals surface area (Å²) in [6, 6.07) is 17.7. The third kappa shape index (κ3) is 2.12. The van der Waals surface area contributed by atoms with Gasteiger partial charge in [0.05, 0.1) is 0 Å². The van der Waals surface area contributed by atoms with Crippen LogP contribution < -0.4 is 0 Å². The van der Waals surface area contributed by atoms with E-state index in [1.165, 1.54) is 46.2 Å². The molecule has 3 rings (SSSR count). The molecule has 0 nitrogen and oxygen atoms in total. The molecule has 0 spiro atoms. The highest BCUT2D eigenvalue weighted by Gasteiger charge is 2.20. The summed E-state index contributed by atoms with van der Waals surface area (Å²) in [4.78, 5) is 0. The molecule has 2 aromatic carbocycles. The highest BCUT2D eigenvalue weighted by Crippen LogP contribution is 2.39. The first-order valence-corrected chi connectivity index (χ1v) is 7.17. The average molecular weight is 248 g/mol. The summed E-state index contributed by atoms with van der Waals surface area (Å²) in [5.41, 5.74) is 8.83. The molecule has 2 aromatic rings. The SMILES string of the molecule is CCCc1ccccc1C1=C(C)c2ccccc2C1. The van der Waals surface area contributed by atoms with E-state index in [1.807, 2.05) is 0 Å². The minimum atomic E-state index is 1.09. The van der Waals surface area contributed by atoms with Crippen LogP contribution in [0.3, 0.4) is 0 Å². The summed E-state index contributed by atoms with van der Waals surface area (Å²) in [6.45, 7) is 4.52. The monoisotopic (exact) mass is 248 g/mol. The van der Waals surface area contributed by atoms with Gasteiger partial charge in [-0.05, 0) is 53.2 Å². The summed E-state index contributed by atoms with van der Waals surface area (Å²) in [5, 5.41) is 0. The second-order valence-electron chi connectivity index (χ2n) is 5.34. The van der Waals surface area contributed by atoms with Crippen LogP contribution in [0.2, 0.25) is 0 Å². The Balaban J connectivity index is 2.08. The van der Waals surface area contributed by atoms with Gasteiger partial charge >= 0.3 is 0 Å². The zero-order chi connectivity index (χ0) is 13.2. The number of hydrogen-bond acceptors (Lipinski definition) is 0. The van der Waals surface area contributed by atoms with Gasteiger partial charge in [-0.15, -0.1) is 0 Å². The van der Waals surface area contributed by atoms with Crippen LogP contribution in [0.4, 0.5) is 0 Å². The van der Waals surface area contributed by atoms with Crippen molar-refractivity contribution in [2.45, 2.75) is 33.1 Å². The lowest BCUT2D eigenvalue weighted by Crippen LogP contribution is -1.94. The predicted octanol–water partition coefficient (Wildman–Crippen LogP) is 5.13. The number of benzene rings is 2. The van der Waals surface area contributed by atoms with Crippen LogP contribution in [0.5, 0.6) is 0 Å². The third-order valence-electron chi connectivity index (χ3n) is 4.10. The van der Waals surface area contributed by atoms with Gasteiger partial charge in [0.25, 0.3) is 0 Å². The molecule has 0 aromatic heterocycles. The van der Waals surface area contributed by atoms with E-state index in [4.69, 9.17) is 0 Å². The van der Waals surface area contributed by atoms with Gasteiger partial charge in [-0.1, -0.05) is 61.9 Å². The maximum Gasteiger partial charge on any atom is -0.00108 e. The molecule has 0 radical (unpaired) electrons. The Morgan fingerprint density at radius 1 is 0.895 bits per heavy atom. The van der Waals surface area contributed by atoms with Crippen molar-refractivity contribution in [1.29, 1.82) is 0 Å². The normalized spacial score (nSPS) is 13.8. The topological polar surface area (TPSA) is 0 Å². The molecule has 0 unspecified atom stereocenters. The van der Waals surface area contributed by atoms with Crippen molar-refractivity contribution < 1.29 is 0 Å². The first-order valence-electron chi connectivity index (χ1n) is 7.17. The van der Waals surface area contributed by atoms with E-state index >= 15 is 0 Å². The van der Waals surface area contributed by atoms with E-state index in [9.17, 15) is 0 Å². The molecule has 0 saturated carbocycles. The summed E-state index contributed by atoms with van der Waals surface area (Å²) in [7, 11) is 0. The number of hydrogen-bond donors (Lipinski definition) is 0. The summed E-state index contributed by atoms with van der Waals surface area (Å²) in [6.07, 6.45) is 3.46. The lowest BCUT2D eigenvalue weighted by molar-refractivity contribution is 0.917. The summed E-state index contributed by atoms with van der Waals surface area (Å²) < 4.78 is 0. The highest BCUT2D eigenvalue weighted by molar-refractivity contribution is 5.96.